The van der Waals surface area contributed by atoms with Gasteiger partial charge in [-0.25, -0.2) is 0 Å². The van der Waals surface area contributed by atoms with E-state index in [4.69, 9.17) is 0 Å². The van der Waals surface area contributed by atoms with Crippen LogP contribution in [0.5, 0.6) is 0 Å². The van der Waals surface area contributed by atoms with E-state index in [1.807, 2.05) is 0 Å². The van der Waals surface area contributed by atoms with Crippen LogP contribution in [0.1, 0.15) is 54.3 Å². The highest BCUT2D eigenvalue weighted by Crippen LogP contribution is 2.53. The Kier molecular flexibility index (Phi) is 5.89. The molecule has 0 unspecified atom stereocenters. The lowest BCUT2D eigenvalue weighted by Gasteiger charge is -2.50. The maximum absolute atomic E-state index is 11.3. The first-order valence-electron chi connectivity index (χ1n) is 11.9. The van der Waals surface area contributed by atoms with Gasteiger partial charge in [0, 0.05) is 24.6 Å². The highest BCUT2D eigenvalue weighted by Gasteiger charge is 2.46. The molecule has 2 nitrogen and oxygen atoms in total. The monoisotopic (exact) mass is 423 g/mol. The van der Waals surface area contributed by atoms with Crippen molar-refractivity contribution in [1.29, 1.82) is 0 Å². The third-order valence-corrected chi connectivity index (χ3v) is 7.88. The quantitative estimate of drug-likeness (QED) is 0.504. The van der Waals surface area contributed by atoms with Gasteiger partial charge >= 0.3 is 0 Å². The molecule has 0 aliphatic heterocycles. The van der Waals surface area contributed by atoms with Crippen LogP contribution < -0.4 is 0 Å². The van der Waals surface area contributed by atoms with E-state index in [1.54, 1.807) is 0 Å². The highest BCUT2D eigenvalue weighted by molar-refractivity contribution is 5.35. The Morgan fingerprint density at radius 3 is 1.94 bits per heavy atom. The first kappa shape index (κ1) is 21.0. The second-order valence-electron chi connectivity index (χ2n) is 9.55. The molecule has 164 valence electrons. The minimum absolute atomic E-state index is 0.250. The van der Waals surface area contributed by atoms with Crippen molar-refractivity contribution in [3.8, 4) is 0 Å². The lowest BCUT2D eigenvalue weighted by Crippen LogP contribution is -2.44. The molecular formula is C30H33NO. The van der Waals surface area contributed by atoms with E-state index in [1.165, 1.54) is 22.4 Å². The van der Waals surface area contributed by atoms with Gasteiger partial charge in [-0.3, -0.25) is 0 Å². The summed E-state index contributed by atoms with van der Waals surface area (Å²) < 4.78 is 0. The number of rotatable bonds is 5. The number of fused-ring (bicyclic) bond motifs is 2. The van der Waals surface area contributed by atoms with Crippen LogP contribution in [-0.2, 0) is 0 Å². The summed E-state index contributed by atoms with van der Waals surface area (Å²) in [5.41, 5.74) is 5.42. The molecule has 3 aromatic carbocycles. The maximum Gasteiger partial charge on any atom is 0.0583 e. The van der Waals surface area contributed by atoms with Gasteiger partial charge in [0.15, 0.2) is 0 Å². The Morgan fingerprint density at radius 1 is 0.750 bits per heavy atom. The second-order valence-corrected chi connectivity index (χ2v) is 9.55. The molecule has 2 aliphatic carbocycles. The van der Waals surface area contributed by atoms with Crippen LogP contribution in [0.25, 0.3) is 0 Å². The van der Waals surface area contributed by atoms with E-state index in [0.717, 1.165) is 12.8 Å². The second kappa shape index (κ2) is 8.96. The van der Waals surface area contributed by atoms with Crippen LogP contribution in [0, 0.1) is 11.8 Å². The van der Waals surface area contributed by atoms with E-state index in [2.05, 4.69) is 116 Å². The number of hydrogen-bond donors (Lipinski definition) is 1. The van der Waals surface area contributed by atoms with Gasteiger partial charge in [0.2, 0.25) is 0 Å². The van der Waals surface area contributed by atoms with Crippen molar-refractivity contribution < 1.29 is 5.11 Å². The van der Waals surface area contributed by atoms with Gasteiger partial charge in [-0.05, 0) is 48.3 Å². The van der Waals surface area contributed by atoms with Gasteiger partial charge in [-0.15, -0.1) is 0 Å². The zero-order valence-electron chi connectivity index (χ0n) is 19.0. The van der Waals surface area contributed by atoms with Crippen LogP contribution >= 0.6 is 0 Å². The summed E-state index contributed by atoms with van der Waals surface area (Å²) in [6, 6.07) is 32.6. The SMILES string of the molecule is C[C@H](c1ccccc1)N(C)C1=C[C@@H](c2ccccc2)[C@H]2C[C@@H]1[C@H](c1ccccc1)C[C@H]2O. The van der Waals surface area contributed by atoms with Crippen molar-refractivity contribution in [2.75, 3.05) is 7.05 Å². The van der Waals surface area contributed by atoms with E-state index in [9.17, 15) is 5.11 Å². The van der Waals surface area contributed by atoms with Gasteiger partial charge in [-0.2, -0.15) is 0 Å². The Balaban J connectivity index is 1.57. The average Bonchev–Trinajstić information content (AvgIpc) is 2.87. The van der Waals surface area contributed by atoms with Crippen molar-refractivity contribution in [1.82, 2.24) is 4.90 Å². The average molecular weight is 424 g/mol. The normalized spacial score (nSPS) is 28.0. The Hall–Kier alpha value is -2.84. The van der Waals surface area contributed by atoms with Crippen molar-refractivity contribution in [3.05, 3.63) is 119 Å². The van der Waals surface area contributed by atoms with E-state index in [0.29, 0.717) is 17.9 Å². The Labute approximate surface area is 192 Å². The number of aliphatic hydroxyl groups is 1. The van der Waals surface area contributed by atoms with Crippen molar-refractivity contribution >= 4 is 0 Å². The fraction of sp³-hybridized carbons (Fsp3) is 0.333. The van der Waals surface area contributed by atoms with Gasteiger partial charge in [-0.1, -0.05) is 97.1 Å². The molecule has 2 bridgehead atoms. The lowest BCUT2D eigenvalue weighted by atomic mass is 9.60. The summed E-state index contributed by atoms with van der Waals surface area (Å²) in [5.74, 6) is 1.28. The fourth-order valence-corrected chi connectivity index (χ4v) is 6.00. The smallest absolute Gasteiger partial charge is 0.0583 e. The topological polar surface area (TPSA) is 23.5 Å². The number of hydrogen-bond acceptors (Lipinski definition) is 2. The summed E-state index contributed by atoms with van der Waals surface area (Å²) in [6.45, 7) is 2.30. The fourth-order valence-electron chi connectivity index (χ4n) is 6.00. The van der Waals surface area contributed by atoms with Gasteiger partial charge in [0.1, 0.15) is 0 Å². The molecule has 3 aromatic rings. The molecule has 5 rings (SSSR count). The molecule has 0 spiro atoms. The van der Waals surface area contributed by atoms with Crippen LogP contribution in [0.15, 0.2) is 103 Å². The standard InChI is InChI=1S/C30H33NO/c1-21(22-12-6-3-7-13-22)31(2)29-19-25(23-14-8-4-9-15-23)28-18-27(29)26(20-30(28)32)24-16-10-5-11-17-24/h3-17,19,21,25-28,30,32H,18,20H2,1-2H3/t21-,25+,26+,27-,28-,30-/m1/s1. The summed E-state index contributed by atoms with van der Waals surface area (Å²) in [4.78, 5) is 2.49. The summed E-state index contributed by atoms with van der Waals surface area (Å²) >= 11 is 0. The highest BCUT2D eigenvalue weighted by atomic mass is 16.3. The Morgan fingerprint density at radius 2 is 1.31 bits per heavy atom. The van der Waals surface area contributed by atoms with Crippen molar-refractivity contribution in [3.63, 3.8) is 0 Å². The third-order valence-electron chi connectivity index (χ3n) is 7.88. The largest absolute Gasteiger partial charge is 0.393 e. The van der Waals surface area contributed by atoms with E-state index in [-0.39, 0.29) is 17.9 Å². The third kappa shape index (κ3) is 3.89. The maximum atomic E-state index is 11.3. The zero-order chi connectivity index (χ0) is 22.1. The van der Waals surface area contributed by atoms with Crippen LogP contribution in [-0.4, -0.2) is 23.2 Å². The molecule has 0 radical (unpaired) electrons. The summed E-state index contributed by atoms with van der Waals surface area (Å²) in [6.07, 6.45) is 4.05. The number of allylic oxidation sites excluding steroid dienone is 2. The minimum Gasteiger partial charge on any atom is -0.393 e. The molecule has 0 amide bonds. The van der Waals surface area contributed by atoms with Crippen molar-refractivity contribution in [2.24, 2.45) is 11.8 Å². The molecular weight excluding hydrogens is 390 g/mol. The van der Waals surface area contributed by atoms with Gasteiger partial charge in [0.25, 0.3) is 0 Å². The molecule has 0 aromatic heterocycles. The molecule has 1 saturated carbocycles. The lowest BCUT2D eigenvalue weighted by molar-refractivity contribution is 0.0207. The first-order valence-corrected chi connectivity index (χ1v) is 11.9. The zero-order valence-corrected chi connectivity index (χ0v) is 19.0. The van der Waals surface area contributed by atoms with Crippen LogP contribution in [0.2, 0.25) is 0 Å². The molecule has 0 saturated heterocycles. The summed E-state index contributed by atoms with van der Waals surface area (Å²) in [7, 11) is 2.25. The molecule has 1 N–H and O–H groups in total. The number of aliphatic hydroxyl groups excluding tert-OH is 1. The van der Waals surface area contributed by atoms with Crippen LogP contribution in [0.3, 0.4) is 0 Å². The van der Waals surface area contributed by atoms with Gasteiger partial charge in [0.05, 0.1) is 12.1 Å². The summed E-state index contributed by atoms with van der Waals surface area (Å²) in [5, 5.41) is 11.3. The number of benzene rings is 3. The molecule has 2 aliphatic rings. The molecule has 32 heavy (non-hydrogen) atoms. The molecule has 0 heterocycles. The molecule has 1 fully saturated rings. The molecule has 2 heteroatoms. The first-order chi connectivity index (χ1) is 15.6. The van der Waals surface area contributed by atoms with Gasteiger partial charge < -0.3 is 10.0 Å². The minimum atomic E-state index is -0.281. The van der Waals surface area contributed by atoms with Crippen molar-refractivity contribution in [2.45, 2.75) is 43.7 Å². The molecule has 6 atom stereocenters. The van der Waals surface area contributed by atoms with E-state index < -0.39 is 0 Å². The Bertz CT molecular complexity index is 1050. The predicted octanol–water partition coefficient (Wildman–Crippen LogP) is 6.53. The number of nitrogens with zero attached hydrogens (tertiary/aromatic N) is 1. The van der Waals surface area contributed by atoms with Crippen LogP contribution in [0.4, 0.5) is 0 Å². The van der Waals surface area contributed by atoms with E-state index >= 15 is 0 Å². The predicted molar refractivity (Wildman–Crippen MR) is 131 cm³/mol.